The van der Waals surface area contributed by atoms with E-state index in [9.17, 15) is 5.11 Å². The van der Waals surface area contributed by atoms with E-state index in [1.807, 2.05) is 12.1 Å². The average Bonchev–Trinajstić information content (AvgIpc) is 2.97. The molecular weight excluding hydrogens is 260 g/mol. The van der Waals surface area contributed by atoms with Gasteiger partial charge in [-0.1, -0.05) is 30.3 Å². The van der Waals surface area contributed by atoms with Crippen LogP contribution in [0, 0.1) is 0 Å². The van der Waals surface area contributed by atoms with Crippen LogP contribution in [0.1, 0.15) is 17.5 Å². The summed E-state index contributed by atoms with van der Waals surface area (Å²) >= 11 is 0. The van der Waals surface area contributed by atoms with Gasteiger partial charge >= 0.3 is 0 Å². The molecule has 0 amide bonds. The van der Waals surface area contributed by atoms with Gasteiger partial charge < -0.3 is 10.0 Å². The van der Waals surface area contributed by atoms with E-state index in [1.54, 1.807) is 6.07 Å². The van der Waals surface area contributed by atoms with Gasteiger partial charge in [-0.15, -0.1) is 0 Å². The van der Waals surface area contributed by atoms with Crippen molar-refractivity contribution in [2.45, 2.75) is 18.0 Å². The Morgan fingerprint density at radius 1 is 1.10 bits per heavy atom. The summed E-state index contributed by atoms with van der Waals surface area (Å²) in [5, 5.41) is 10.00. The number of likely N-dealkylation sites (tertiary alicyclic amines) is 1. The number of benzene rings is 2. The summed E-state index contributed by atoms with van der Waals surface area (Å²) in [5.41, 5.74) is 3.79. The largest absolute Gasteiger partial charge is 0.508 e. The summed E-state index contributed by atoms with van der Waals surface area (Å²) in [5.74, 6) is 0.354. The van der Waals surface area contributed by atoms with Crippen LogP contribution < -0.4 is 4.90 Å². The number of anilines is 1. The highest BCUT2D eigenvalue weighted by Gasteiger charge is 2.56. The van der Waals surface area contributed by atoms with Crippen LogP contribution >= 0.6 is 0 Å². The number of phenolic OH excluding ortho intramolecular Hbond substituents is 1. The number of rotatable bonds is 1. The van der Waals surface area contributed by atoms with Gasteiger partial charge in [-0.05, 0) is 42.8 Å². The summed E-state index contributed by atoms with van der Waals surface area (Å²) in [4.78, 5) is 4.78. The van der Waals surface area contributed by atoms with Crippen LogP contribution in [0.25, 0.3) is 0 Å². The molecule has 1 saturated heterocycles. The molecule has 0 aliphatic carbocycles. The third kappa shape index (κ3) is 1.52. The molecule has 3 nitrogen and oxygen atoms in total. The highest BCUT2D eigenvalue weighted by Crippen LogP contribution is 2.55. The molecule has 2 heterocycles. The molecule has 2 aliphatic heterocycles. The fourth-order valence-electron chi connectivity index (χ4n) is 4.39. The quantitative estimate of drug-likeness (QED) is 0.870. The first kappa shape index (κ1) is 12.7. The van der Waals surface area contributed by atoms with Crippen LogP contribution in [0.4, 0.5) is 5.69 Å². The molecule has 2 aliphatic rings. The molecule has 0 spiro atoms. The lowest BCUT2D eigenvalue weighted by molar-refractivity contribution is 0.278. The normalized spacial score (nSPS) is 27.7. The first-order chi connectivity index (χ1) is 10.1. The number of phenols is 1. The Kier molecular flexibility index (Phi) is 2.57. The van der Waals surface area contributed by atoms with Crippen LogP contribution in [-0.4, -0.2) is 36.8 Å². The SMILES string of the molecule is CN1CCC2(c3ccccc3)c3cc(O)ccc3N(C)C12. The maximum absolute atomic E-state index is 10.00. The van der Waals surface area contributed by atoms with E-state index < -0.39 is 0 Å². The molecule has 3 heteroatoms. The Hall–Kier alpha value is -2.00. The zero-order valence-corrected chi connectivity index (χ0v) is 12.5. The van der Waals surface area contributed by atoms with Gasteiger partial charge in [0.25, 0.3) is 0 Å². The molecule has 2 aromatic rings. The molecule has 1 N–H and O–H groups in total. The minimum Gasteiger partial charge on any atom is -0.508 e. The van der Waals surface area contributed by atoms with Gasteiger partial charge in [0.15, 0.2) is 0 Å². The lowest BCUT2D eigenvalue weighted by Gasteiger charge is -2.35. The predicted octanol–water partition coefficient (Wildman–Crippen LogP) is 2.79. The van der Waals surface area contributed by atoms with E-state index in [4.69, 9.17) is 0 Å². The van der Waals surface area contributed by atoms with Gasteiger partial charge in [-0.2, -0.15) is 0 Å². The van der Waals surface area contributed by atoms with Crippen LogP contribution in [0.3, 0.4) is 0 Å². The minimum absolute atomic E-state index is 0.0428. The van der Waals surface area contributed by atoms with Crippen molar-refractivity contribution in [3.8, 4) is 5.75 Å². The monoisotopic (exact) mass is 280 g/mol. The van der Waals surface area contributed by atoms with Gasteiger partial charge in [0.2, 0.25) is 0 Å². The lowest BCUT2D eigenvalue weighted by atomic mass is 9.73. The summed E-state index contributed by atoms with van der Waals surface area (Å²) < 4.78 is 0. The smallest absolute Gasteiger partial charge is 0.116 e. The maximum Gasteiger partial charge on any atom is 0.116 e. The zero-order chi connectivity index (χ0) is 14.6. The highest BCUT2D eigenvalue weighted by molar-refractivity contribution is 5.69. The minimum atomic E-state index is -0.0428. The van der Waals surface area contributed by atoms with Crippen molar-refractivity contribution in [1.29, 1.82) is 0 Å². The predicted molar refractivity (Wildman–Crippen MR) is 84.8 cm³/mol. The number of hydrogen-bond acceptors (Lipinski definition) is 3. The summed E-state index contributed by atoms with van der Waals surface area (Å²) in [6.45, 7) is 1.07. The lowest BCUT2D eigenvalue weighted by Crippen LogP contribution is -2.47. The first-order valence-electron chi connectivity index (χ1n) is 7.47. The van der Waals surface area contributed by atoms with Gasteiger partial charge in [-0.3, -0.25) is 4.90 Å². The van der Waals surface area contributed by atoms with Crippen LogP contribution in [0.15, 0.2) is 48.5 Å². The number of likely N-dealkylation sites (N-methyl/N-ethyl adjacent to an activating group) is 2. The van der Waals surface area contributed by atoms with Crippen molar-refractivity contribution >= 4 is 5.69 Å². The first-order valence-corrected chi connectivity index (χ1v) is 7.47. The van der Waals surface area contributed by atoms with Crippen molar-refractivity contribution < 1.29 is 5.11 Å². The van der Waals surface area contributed by atoms with Crippen LogP contribution in [0.5, 0.6) is 5.75 Å². The van der Waals surface area contributed by atoms with E-state index >= 15 is 0 Å². The molecular formula is C18H20N2O. The fourth-order valence-corrected chi connectivity index (χ4v) is 4.39. The number of aromatic hydroxyl groups is 1. The van der Waals surface area contributed by atoms with E-state index in [1.165, 1.54) is 16.8 Å². The van der Waals surface area contributed by atoms with Crippen molar-refractivity contribution in [2.24, 2.45) is 0 Å². The van der Waals surface area contributed by atoms with E-state index in [2.05, 4.69) is 54.2 Å². The Bertz CT molecular complexity index is 685. The third-order valence-electron chi connectivity index (χ3n) is 5.21. The van der Waals surface area contributed by atoms with Crippen molar-refractivity contribution in [3.05, 3.63) is 59.7 Å². The molecule has 21 heavy (non-hydrogen) atoms. The van der Waals surface area contributed by atoms with E-state index in [0.29, 0.717) is 11.9 Å². The molecule has 0 radical (unpaired) electrons. The van der Waals surface area contributed by atoms with Crippen molar-refractivity contribution in [3.63, 3.8) is 0 Å². The zero-order valence-electron chi connectivity index (χ0n) is 12.5. The van der Waals surface area contributed by atoms with E-state index in [0.717, 1.165) is 13.0 Å². The molecule has 0 bridgehead atoms. The second kappa shape index (κ2) is 4.25. The molecule has 1 fully saturated rings. The summed E-state index contributed by atoms with van der Waals surface area (Å²) in [6.07, 6.45) is 1.40. The van der Waals surface area contributed by atoms with Crippen molar-refractivity contribution in [1.82, 2.24) is 4.90 Å². The van der Waals surface area contributed by atoms with Crippen LogP contribution in [0.2, 0.25) is 0 Å². The highest BCUT2D eigenvalue weighted by atomic mass is 16.3. The molecule has 0 saturated carbocycles. The Balaban J connectivity index is 2.01. The van der Waals surface area contributed by atoms with Crippen molar-refractivity contribution in [2.75, 3.05) is 25.5 Å². The summed E-state index contributed by atoms with van der Waals surface area (Å²) in [6, 6.07) is 16.5. The molecule has 108 valence electrons. The molecule has 2 atom stereocenters. The number of hydrogen-bond donors (Lipinski definition) is 1. The van der Waals surface area contributed by atoms with Crippen LogP contribution in [-0.2, 0) is 5.41 Å². The average molecular weight is 280 g/mol. The van der Waals surface area contributed by atoms with Gasteiger partial charge in [0.1, 0.15) is 5.75 Å². The van der Waals surface area contributed by atoms with Gasteiger partial charge in [0.05, 0.1) is 11.6 Å². The summed E-state index contributed by atoms with van der Waals surface area (Å²) in [7, 11) is 4.35. The molecule has 4 rings (SSSR count). The van der Waals surface area contributed by atoms with Gasteiger partial charge in [-0.25, -0.2) is 0 Å². The molecule has 2 aromatic carbocycles. The van der Waals surface area contributed by atoms with E-state index in [-0.39, 0.29) is 5.41 Å². The topological polar surface area (TPSA) is 26.7 Å². The third-order valence-corrected chi connectivity index (χ3v) is 5.21. The second-order valence-electron chi connectivity index (χ2n) is 6.25. The standard InChI is InChI=1S/C18H20N2O/c1-19-11-10-18(13-6-4-3-5-7-13)15-12-14(21)8-9-16(15)20(2)17(18)19/h3-9,12,17,21H,10-11H2,1-2H3. The number of fused-ring (bicyclic) bond motifs is 3. The molecule has 2 unspecified atom stereocenters. The Labute approximate surface area is 125 Å². The number of nitrogens with zero attached hydrogens (tertiary/aromatic N) is 2. The molecule has 0 aromatic heterocycles. The Morgan fingerprint density at radius 2 is 1.86 bits per heavy atom. The Morgan fingerprint density at radius 3 is 2.62 bits per heavy atom. The van der Waals surface area contributed by atoms with Gasteiger partial charge in [0, 0.05) is 19.3 Å². The second-order valence-corrected chi connectivity index (χ2v) is 6.25. The maximum atomic E-state index is 10.00. The fraction of sp³-hybridized carbons (Fsp3) is 0.333.